The van der Waals surface area contributed by atoms with Crippen LogP contribution in [0.15, 0.2) is 45.8 Å². The van der Waals surface area contributed by atoms with Crippen LogP contribution in [0.25, 0.3) is 10.2 Å². The molecular formula is C12H9N3OS2. The molecule has 3 rings (SSSR count). The maximum atomic E-state index is 11.4. The Morgan fingerprint density at radius 3 is 2.83 bits per heavy atom. The molecule has 0 aromatic carbocycles. The van der Waals surface area contributed by atoms with E-state index in [-0.39, 0.29) is 0 Å². The molecule has 0 atom stereocenters. The van der Waals surface area contributed by atoms with Crippen molar-refractivity contribution in [3.05, 3.63) is 41.7 Å². The zero-order chi connectivity index (χ0) is 12.5. The number of H-pyrrole nitrogens is 1. The van der Waals surface area contributed by atoms with Crippen LogP contribution in [0, 0.1) is 0 Å². The fourth-order valence-electron chi connectivity index (χ4n) is 1.68. The van der Waals surface area contributed by atoms with Gasteiger partial charge < -0.3 is 10.7 Å². The summed E-state index contributed by atoms with van der Waals surface area (Å²) in [6, 6.07) is 5.76. The molecule has 3 N–H and O–H groups in total. The van der Waals surface area contributed by atoms with Crippen LogP contribution in [0.4, 0.5) is 0 Å². The van der Waals surface area contributed by atoms with Crippen molar-refractivity contribution in [1.29, 1.82) is 0 Å². The number of nitrogens with zero attached hydrogens (tertiary/aromatic N) is 1. The van der Waals surface area contributed by atoms with Crippen molar-refractivity contribution in [3.8, 4) is 0 Å². The van der Waals surface area contributed by atoms with E-state index in [4.69, 9.17) is 5.73 Å². The topological polar surface area (TPSA) is 71.8 Å². The fourth-order valence-corrected chi connectivity index (χ4v) is 3.70. The van der Waals surface area contributed by atoms with Crippen molar-refractivity contribution in [1.82, 2.24) is 9.97 Å². The van der Waals surface area contributed by atoms with Crippen LogP contribution in [-0.4, -0.2) is 15.9 Å². The van der Waals surface area contributed by atoms with Gasteiger partial charge in [0.15, 0.2) is 0 Å². The summed E-state index contributed by atoms with van der Waals surface area (Å²) in [5.74, 6) is -0.435. The van der Waals surface area contributed by atoms with Crippen LogP contribution >= 0.6 is 23.1 Å². The van der Waals surface area contributed by atoms with Crippen molar-refractivity contribution in [2.24, 2.45) is 5.73 Å². The number of nitrogens with one attached hydrogen (secondary N) is 1. The van der Waals surface area contributed by atoms with Crippen LogP contribution in [0.1, 0.15) is 10.5 Å². The highest BCUT2D eigenvalue weighted by Gasteiger charge is 2.17. The van der Waals surface area contributed by atoms with Gasteiger partial charge in [0.25, 0.3) is 5.91 Å². The third-order valence-corrected chi connectivity index (χ3v) is 4.66. The Labute approximate surface area is 111 Å². The second kappa shape index (κ2) is 4.47. The number of thiophene rings is 1. The Balaban J connectivity index is 2.11. The molecule has 90 valence electrons. The molecule has 0 aliphatic carbocycles. The van der Waals surface area contributed by atoms with Crippen LogP contribution in [0.3, 0.4) is 0 Å². The minimum Gasteiger partial charge on any atom is -0.364 e. The average molecular weight is 275 g/mol. The van der Waals surface area contributed by atoms with Crippen molar-refractivity contribution < 1.29 is 4.79 Å². The summed E-state index contributed by atoms with van der Waals surface area (Å²) < 4.78 is 1.06. The Bertz CT molecular complexity index is 703. The van der Waals surface area contributed by atoms with Crippen LogP contribution in [0.5, 0.6) is 0 Å². The van der Waals surface area contributed by atoms with Crippen LogP contribution in [0.2, 0.25) is 0 Å². The Morgan fingerprint density at radius 2 is 2.11 bits per heavy atom. The molecule has 3 heterocycles. The number of carbonyl (C=O) groups excluding carboxylic acids is 1. The molecule has 18 heavy (non-hydrogen) atoms. The lowest BCUT2D eigenvalue weighted by molar-refractivity contribution is 0.0993. The maximum absolute atomic E-state index is 11.4. The van der Waals surface area contributed by atoms with Crippen LogP contribution < -0.4 is 5.73 Å². The molecule has 4 nitrogen and oxygen atoms in total. The molecule has 0 unspecified atom stereocenters. The second-order valence-corrected chi connectivity index (χ2v) is 5.64. The number of aromatic nitrogens is 2. The monoisotopic (exact) mass is 275 g/mol. The Kier molecular flexibility index (Phi) is 2.81. The minimum atomic E-state index is -0.435. The normalized spacial score (nSPS) is 10.9. The summed E-state index contributed by atoms with van der Waals surface area (Å²) >= 11 is 3.12. The standard InChI is InChI=1S/C12H9N3OS2/c13-12(16)9-11(10-8(15-9)3-6-17-10)18-7-1-4-14-5-2-7/h1-6,15H,(H2,13,16). The Hall–Kier alpha value is -1.79. The smallest absolute Gasteiger partial charge is 0.266 e. The molecule has 0 aliphatic heterocycles. The van der Waals surface area contributed by atoms with Gasteiger partial charge in [-0.25, -0.2) is 0 Å². The number of amides is 1. The van der Waals surface area contributed by atoms with Gasteiger partial charge >= 0.3 is 0 Å². The van der Waals surface area contributed by atoms with Crippen molar-refractivity contribution in [2.75, 3.05) is 0 Å². The fraction of sp³-hybridized carbons (Fsp3) is 0. The number of primary amides is 1. The Morgan fingerprint density at radius 1 is 1.33 bits per heavy atom. The molecule has 3 aromatic rings. The molecule has 3 aromatic heterocycles. The predicted octanol–water partition coefficient (Wildman–Crippen LogP) is 2.87. The molecular weight excluding hydrogens is 266 g/mol. The molecule has 0 spiro atoms. The minimum absolute atomic E-state index is 0.435. The summed E-state index contributed by atoms with van der Waals surface area (Å²) in [5.41, 5.74) is 6.82. The van der Waals surface area contributed by atoms with E-state index in [1.54, 1.807) is 23.7 Å². The summed E-state index contributed by atoms with van der Waals surface area (Å²) in [6.45, 7) is 0. The lowest BCUT2D eigenvalue weighted by Gasteiger charge is -2.01. The van der Waals surface area contributed by atoms with Gasteiger partial charge in [-0.05, 0) is 23.6 Å². The zero-order valence-corrected chi connectivity index (χ0v) is 10.8. The van der Waals surface area contributed by atoms with Gasteiger partial charge in [0, 0.05) is 17.3 Å². The van der Waals surface area contributed by atoms with Gasteiger partial charge in [0.1, 0.15) is 5.69 Å². The van der Waals surface area contributed by atoms with E-state index < -0.39 is 5.91 Å². The van der Waals surface area contributed by atoms with E-state index in [1.807, 2.05) is 23.6 Å². The molecule has 0 bridgehead atoms. The van der Waals surface area contributed by atoms with Gasteiger partial charge in [-0.2, -0.15) is 0 Å². The van der Waals surface area contributed by atoms with E-state index in [0.717, 1.165) is 20.0 Å². The first-order valence-electron chi connectivity index (χ1n) is 5.22. The van der Waals surface area contributed by atoms with E-state index in [9.17, 15) is 4.79 Å². The highest BCUT2D eigenvalue weighted by molar-refractivity contribution is 7.99. The second-order valence-electron chi connectivity index (χ2n) is 3.64. The largest absolute Gasteiger partial charge is 0.364 e. The number of rotatable bonds is 3. The quantitative estimate of drug-likeness (QED) is 0.772. The lowest BCUT2D eigenvalue weighted by Crippen LogP contribution is -2.12. The third-order valence-electron chi connectivity index (χ3n) is 2.47. The number of aromatic amines is 1. The number of fused-ring (bicyclic) bond motifs is 1. The molecule has 0 saturated carbocycles. The molecule has 0 aliphatic rings. The molecule has 0 radical (unpaired) electrons. The van der Waals surface area contributed by atoms with E-state index in [0.29, 0.717) is 5.69 Å². The number of carbonyl (C=O) groups is 1. The average Bonchev–Trinajstić information content (AvgIpc) is 2.93. The molecule has 0 fully saturated rings. The third kappa shape index (κ3) is 1.89. The highest BCUT2D eigenvalue weighted by Crippen LogP contribution is 2.38. The summed E-state index contributed by atoms with van der Waals surface area (Å²) in [4.78, 5) is 20.4. The van der Waals surface area contributed by atoms with Gasteiger partial charge in [0.2, 0.25) is 0 Å². The first-order valence-corrected chi connectivity index (χ1v) is 6.92. The zero-order valence-electron chi connectivity index (χ0n) is 9.21. The predicted molar refractivity (Wildman–Crippen MR) is 73.1 cm³/mol. The van der Waals surface area contributed by atoms with Gasteiger partial charge in [-0.15, -0.1) is 11.3 Å². The van der Waals surface area contributed by atoms with E-state index in [1.165, 1.54) is 11.8 Å². The van der Waals surface area contributed by atoms with Gasteiger partial charge in [0.05, 0.1) is 15.1 Å². The van der Waals surface area contributed by atoms with Gasteiger partial charge in [-0.3, -0.25) is 9.78 Å². The maximum Gasteiger partial charge on any atom is 0.266 e. The number of hydrogen-bond donors (Lipinski definition) is 2. The first-order chi connectivity index (χ1) is 8.75. The SMILES string of the molecule is NC(=O)c1[nH]c2ccsc2c1Sc1ccncc1. The van der Waals surface area contributed by atoms with E-state index >= 15 is 0 Å². The molecule has 6 heteroatoms. The lowest BCUT2D eigenvalue weighted by atomic mass is 10.4. The van der Waals surface area contributed by atoms with Crippen molar-refractivity contribution >= 4 is 39.2 Å². The number of pyridine rings is 1. The molecule has 1 amide bonds. The molecule has 0 saturated heterocycles. The van der Waals surface area contributed by atoms with Crippen molar-refractivity contribution in [2.45, 2.75) is 9.79 Å². The summed E-state index contributed by atoms with van der Waals surface area (Å²) in [7, 11) is 0. The number of hydrogen-bond acceptors (Lipinski definition) is 4. The first kappa shape index (κ1) is 11.3. The number of nitrogens with two attached hydrogens (primary N) is 1. The highest BCUT2D eigenvalue weighted by atomic mass is 32.2. The van der Waals surface area contributed by atoms with Crippen LogP contribution in [-0.2, 0) is 0 Å². The summed E-state index contributed by atoms with van der Waals surface area (Å²) in [5, 5.41) is 1.99. The van der Waals surface area contributed by atoms with Gasteiger partial charge in [-0.1, -0.05) is 11.8 Å². The van der Waals surface area contributed by atoms with E-state index in [2.05, 4.69) is 9.97 Å². The summed E-state index contributed by atoms with van der Waals surface area (Å²) in [6.07, 6.45) is 3.45. The van der Waals surface area contributed by atoms with Crippen molar-refractivity contribution in [3.63, 3.8) is 0 Å².